The fourth-order valence-corrected chi connectivity index (χ4v) is 5.08. The summed E-state index contributed by atoms with van der Waals surface area (Å²) in [4.78, 5) is 2.44. The first-order chi connectivity index (χ1) is 15.1. The Balaban J connectivity index is 1.69. The lowest BCUT2D eigenvalue weighted by Gasteiger charge is -2.45. The molecule has 2 atom stereocenters. The molecule has 0 radical (unpaired) electrons. The van der Waals surface area contributed by atoms with E-state index >= 15 is 0 Å². The van der Waals surface area contributed by atoms with Gasteiger partial charge in [0.1, 0.15) is 23.0 Å². The Morgan fingerprint density at radius 3 is 2.13 bits per heavy atom. The standard InChI is InChI=1S/C24H29NO6/c1-24(25-7-5-6-8-25)13-17(16-11-19-20(30-14-29-19)12-18(16)31-24)23-21(27-3)9-15(26-2)10-22(23)28-4/h9-12,17H,5-8,13-14H2,1-4H3/t17-,24-/m0/s1. The molecule has 0 saturated carbocycles. The summed E-state index contributed by atoms with van der Waals surface area (Å²) in [6, 6.07) is 7.82. The molecule has 0 N–H and O–H groups in total. The number of ether oxygens (including phenoxy) is 6. The summed E-state index contributed by atoms with van der Waals surface area (Å²) >= 11 is 0. The third-order valence-corrected chi connectivity index (χ3v) is 6.67. The topological polar surface area (TPSA) is 58.6 Å². The average Bonchev–Trinajstić information content (AvgIpc) is 3.48. The highest BCUT2D eigenvalue weighted by atomic mass is 16.7. The second-order valence-electron chi connectivity index (χ2n) is 8.42. The number of methoxy groups -OCH3 is 3. The van der Waals surface area contributed by atoms with Crippen LogP contribution in [0.3, 0.4) is 0 Å². The number of hydrogen-bond donors (Lipinski definition) is 0. The lowest BCUT2D eigenvalue weighted by atomic mass is 9.80. The van der Waals surface area contributed by atoms with E-state index in [9.17, 15) is 0 Å². The van der Waals surface area contributed by atoms with Crippen LogP contribution < -0.4 is 28.4 Å². The molecule has 31 heavy (non-hydrogen) atoms. The minimum absolute atomic E-state index is 0.0142. The van der Waals surface area contributed by atoms with Crippen molar-refractivity contribution in [2.45, 2.75) is 37.8 Å². The fourth-order valence-electron chi connectivity index (χ4n) is 5.08. The van der Waals surface area contributed by atoms with Gasteiger partial charge in [-0.15, -0.1) is 0 Å². The van der Waals surface area contributed by atoms with Crippen LogP contribution in [0.1, 0.15) is 43.2 Å². The van der Waals surface area contributed by atoms with Gasteiger partial charge in [-0.05, 0) is 25.8 Å². The van der Waals surface area contributed by atoms with Crippen molar-refractivity contribution in [1.82, 2.24) is 4.90 Å². The highest BCUT2D eigenvalue weighted by Crippen LogP contribution is 2.54. The Labute approximate surface area is 182 Å². The zero-order valence-electron chi connectivity index (χ0n) is 18.5. The number of nitrogens with zero attached hydrogens (tertiary/aromatic N) is 1. The molecule has 2 aromatic carbocycles. The summed E-state index contributed by atoms with van der Waals surface area (Å²) in [5.41, 5.74) is 1.58. The van der Waals surface area contributed by atoms with Crippen molar-refractivity contribution < 1.29 is 28.4 Å². The van der Waals surface area contributed by atoms with E-state index in [4.69, 9.17) is 28.4 Å². The summed E-state index contributed by atoms with van der Waals surface area (Å²) in [5.74, 6) is 4.42. The first kappa shape index (κ1) is 20.1. The van der Waals surface area contributed by atoms with Crippen LogP contribution in [0.25, 0.3) is 0 Å². The Morgan fingerprint density at radius 2 is 1.52 bits per heavy atom. The SMILES string of the molecule is COc1cc(OC)c([C@H]2C[C@@](C)(N3CCCC3)Oc3cc4c(cc32)OCO4)c(OC)c1. The largest absolute Gasteiger partial charge is 0.496 e. The summed E-state index contributed by atoms with van der Waals surface area (Å²) in [6.07, 6.45) is 3.14. The van der Waals surface area contributed by atoms with Crippen LogP contribution in [-0.2, 0) is 0 Å². The van der Waals surface area contributed by atoms with Crippen LogP contribution in [0.5, 0.6) is 34.5 Å². The van der Waals surface area contributed by atoms with Crippen LogP contribution in [0.2, 0.25) is 0 Å². The first-order valence-corrected chi connectivity index (χ1v) is 10.7. The Kier molecular flexibility index (Phi) is 5.01. The zero-order valence-corrected chi connectivity index (χ0v) is 18.5. The van der Waals surface area contributed by atoms with E-state index in [0.717, 1.165) is 59.4 Å². The molecule has 0 amide bonds. The number of likely N-dealkylation sites (tertiary alicyclic amines) is 1. The van der Waals surface area contributed by atoms with Crippen LogP contribution in [-0.4, -0.2) is 51.8 Å². The van der Waals surface area contributed by atoms with E-state index in [1.165, 1.54) is 12.8 Å². The molecule has 3 aliphatic heterocycles. The molecule has 1 fully saturated rings. The molecule has 3 heterocycles. The minimum atomic E-state index is -0.447. The number of rotatable bonds is 5. The molecule has 5 rings (SSSR count). The second kappa shape index (κ2) is 7.71. The molecule has 7 nitrogen and oxygen atoms in total. The third kappa shape index (κ3) is 3.31. The third-order valence-electron chi connectivity index (χ3n) is 6.67. The van der Waals surface area contributed by atoms with Gasteiger partial charge in [0.05, 0.1) is 21.3 Å². The molecule has 0 bridgehead atoms. The summed E-state index contributed by atoms with van der Waals surface area (Å²) in [7, 11) is 5.00. The van der Waals surface area contributed by atoms with Crippen molar-refractivity contribution in [2.24, 2.45) is 0 Å². The van der Waals surface area contributed by atoms with Gasteiger partial charge in [-0.3, -0.25) is 4.90 Å². The number of benzene rings is 2. The van der Waals surface area contributed by atoms with Gasteiger partial charge < -0.3 is 28.4 Å². The van der Waals surface area contributed by atoms with Gasteiger partial charge in [0.25, 0.3) is 0 Å². The van der Waals surface area contributed by atoms with Crippen molar-refractivity contribution in [3.05, 3.63) is 35.4 Å². The molecule has 0 unspecified atom stereocenters. The first-order valence-electron chi connectivity index (χ1n) is 10.7. The minimum Gasteiger partial charge on any atom is -0.496 e. The molecular weight excluding hydrogens is 398 g/mol. The smallest absolute Gasteiger partial charge is 0.231 e. The summed E-state index contributed by atoms with van der Waals surface area (Å²) in [6.45, 7) is 4.46. The van der Waals surface area contributed by atoms with Gasteiger partial charge in [0.2, 0.25) is 6.79 Å². The van der Waals surface area contributed by atoms with Crippen molar-refractivity contribution in [3.63, 3.8) is 0 Å². The fraction of sp³-hybridized carbons (Fsp3) is 0.500. The van der Waals surface area contributed by atoms with E-state index in [1.807, 2.05) is 24.3 Å². The molecule has 1 saturated heterocycles. The van der Waals surface area contributed by atoms with Gasteiger partial charge in [0, 0.05) is 54.8 Å². The number of fused-ring (bicyclic) bond motifs is 2. The predicted octanol–water partition coefficient (Wildman–Crippen LogP) is 4.17. The van der Waals surface area contributed by atoms with Crippen LogP contribution in [0.4, 0.5) is 0 Å². The monoisotopic (exact) mass is 427 g/mol. The van der Waals surface area contributed by atoms with Gasteiger partial charge in [-0.25, -0.2) is 0 Å². The Hall–Kier alpha value is -2.80. The zero-order chi connectivity index (χ0) is 21.6. The van der Waals surface area contributed by atoms with E-state index in [1.54, 1.807) is 21.3 Å². The van der Waals surface area contributed by atoms with Gasteiger partial charge in [-0.2, -0.15) is 0 Å². The Morgan fingerprint density at radius 1 is 0.871 bits per heavy atom. The van der Waals surface area contributed by atoms with Crippen LogP contribution >= 0.6 is 0 Å². The maximum atomic E-state index is 6.66. The maximum Gasteiger partial charge on any atom is 0.231 e. The predicted molar refractivity (Wildman–Crippen MR) is 115 cm³/mol. The second-order valence-corrected chi connectivity index (χ2v) is 8.42. The van der Waals surface area contributed by atoms with E-state index < -0.39 is 5.72 Å². The summed E-state index contributed by atoms with van der Waals surface area (Å²) < 4.78 is 35.1. The Bertz CT molecular complexity index is 961. The molecule has 0 aliphatic carbocycles. The highest BCUT2D eigenvalue weighted by molar-refractivity contribution is 5.61. The molecular formula is C24H29NO6. The molecule has 0 spiro atoms. The lowest BCUT2D eigenvalue weighted by Crippen LogP contribution is -2.52. The quantitative estimate of drug-likeness (QED) is 0.710. The molecule has 7 heteroatoms. The van der Waals surface area contributed by atoms with Crippen molar-refractivity contribution >= 4 is 0 Å². The van der Waals surface area contributed by atoms with E-state index in [2.05, 4.69) is 11.8 Å². The molecule has 0 aromatic heterocycles. The van der Waals surface area contributed by atoms with Crippen molar-refractivity contribution in [3.8, 4) is 34.5 Å². The molecule has 2 aromatic rings. The normalized spacial score (nSPS) is 24.5. The molecule has 166 valence electrons. The lowest BCUT2D eigenvalue weighted by molar-refractivity contribution is -0.0769. The maximum absolute atomic E-state index is 6.66. The average molecular weight is 427 g/mol. The molecule has 3 aliphatic rings. The highest BCUT2D eigenvalue weighted by Gasteiger charge is 2.45. The van der Waals surface area contributed by atoms with Gasteiger partial charge in [0.15, 0.2) is 17.2 Å². The van der Waals surface area contributed by atoms with Crippen molar-refractivity contribution in [2.75, 3.05) is 41.2 Å². The van der Waals surface area contributed by atoms with E-state index in [-0.39, 0.29) is 12.7 Å². The summed E-state index contributed by atoms with van der Waals surface area (Å²) in [5, 5.41) is 0. The van der Waals surface area contributed by atoms with E-state index in [0.29, 0.717) is 5.75 Å². The number of hydrogen-bond acceptors (Lipinski definition) is 7. The van der Waals surface area contributed by atoms with Crippen LogP contribution in [0, 0.1) is 0 Å². The van der Waals surface area contributed by atoms with Crippen LogP contribution in [0.15, 0.2) is 24.3 Å². The van der Waals surface area contributed by atoms with Gasteiger partial charge in [-0.1, -0.05) is 0 Å². The van der Waals surface area contributed by atoms with Crippen molar-refractivity contribution in [1.29, 1.82) is 0 Å². The van der Waals surface area contributed by atoms with Gasteiger partial charge >= 0.3 is 0 Å².